The number of para-hydroxylation sites is 1. The molecule has 1 aromatic carbocycles. The van der Waals surface area contributed by atoms with Crippen molar-refractivity contribution in [3.63, 3.8) is 0 Å². The molecular weight excluding hydrogens is 226 g/mol. The summed E-state index contributed by atoms with van der Waals surface area (Å²) in [6.45, 7) is 4.01. The van der Waals surface area contributed by atoms with Crippen LogP contribution in [0.4, 0.5) is 0 Å². The van der Waals surface area contributed by atoms with Gasteiger partial charge in [-0.3, -0.25) is 0 Å². The van der Waals surface area contributed by atoms with E-state index < -0.39 is 0 Å². The Labute approximate surface area is 108 Å². The van der Waals surface area contributed by atoms with E-state index >= 15 is 0 Å². The van der Waals surface area contributed by atoms with E-state index in [4.69, 9.17) is 4.74 Å². The molecule has 3 heteroatoms. The number of aliphatic hydroxyl groups is 1. The van der Waals surface area contributed by atoms with Gasteiger partial charge in [0.25, 0.3) is 0 Å². The van der Waals surface area contributed by atoms with Gasteiger partial charge in [0.1, 0.15) is 5.75 Å². The number of nitrogens with one attached hydrogen (secondary N) is 1. The van der Waals surface area contributed by atoms with Crippen molar-refractivity contribution in [2.24, 2.45) is 11.8 Å². The van der Waals surface area contributed by atoms with Crippen LogP contribution in [0, 0.1) is 11.8 Å². The summed E-state index contributed by atoms with van der Waals surface area (Å²) in [5, 5.41) is 13.0. The minimum absolute atomic E-state index is 0.0591. The molecule has 1 aliphatic carbocycles. The van der Waals surface area contributed by atoms with Crippen LogP contribution in [0.2, 0.25) is 0 Å². The van der Waals surface area contributed by atoms with Gasteiger partial charge in [-0.1, -0.05) is 25.1 Å². The lowest BCUT2D eigenvalue weighted by Crippen LogP contribution is -2.41. The Bertz CT molecular complexity index is 415. The fourth-order valence-electron chi connectivity index (χ4n) is 2.96. The van der Waals surface area contributed by atoms with E-state index in [1.807, 2.05) is 12.1 Å². The van der Waals surface area contributed by atoms with Gasteiger partial charge in [-0.05, 0) is 31.4 Å². The maximum atomic E-state index is 9.32. The quantitative estimate of drug-likeness (QED) is 0.859. The van der Waals surface area contributed by atoms with Crippen molar-refractivity contribution < 1.29 is 9.84 Å². The average molecular weight is 247 g/mol. The third kappa shape index (κ3) is 2.25. The predicted molar refractivity (Wildman–Crippen MR) is 70.6 cm³/mol. The van der Waals surface area contributed by atoms with Crippen molar-refractivity contribution in [2.45, 2.75) is 31.9 Å². The van der Waals surface area contributed by atoms with Crippen LogP contribution in [-0.4, -0.2) is 24.4 Å². The van der Waals surface area contributed by atoms with Crippen LogP contribution in [-0.2, 0) is 0 Å². The SMILES string of the molecule is CC1COc2ccccc2C1NCC1CC(O)C1. The number of hydrogen-bond acceptors (Lipinski definition) is 3. The molecule has 1 saturated carbocycles. The lowest BCUT2D eigenvalue weighted by molar-refractivity contribution is 0.0396. The van der Waals surface area contributed by atoms with Crippen LogP contribution >= 0.6 is 0 Å². The van der Waals surface area contributed by atoms with Gasteiger partial charge in [-0.15, -0.1) is 0 Å². The highest BCUT2D eigenvalue weighted by molar-refractivity contribution is 5.37. The van der Waals surface area contributed by atoms with Crippen molar-refractivity contribution in [2.75, 3.05) is 13.2 Å². The topological polar surface area (TPSA) is 41.5 Å². The molecule has 0 saturated heterocycles. The zero-order valence-corrected chi connectivity index (χ0v) is 10.8. The first-order chi connectivity index (χ1) is 8.74. The summed E-state index contributed by atoms with van der Waals surface area (Å²) in [5.41, 5.74) is 1.27. The molecule has 0 spiro atoms. The van der Waals surface area contributed by atoms with Gasteiger partial charge in [0.15, 0.2) is 0 Å². The highest BCUT2D eigenvalue weighted by Gasteiger charge is 2.31. The van der Waals surface area contributed by atoms with Crippen molar-refractivity contribution in [1.82, 2.24) is 5.32 Å². The summed E-state index contributed by atoms with van der Waals surface area (Å²) in [6.07, 6.45) is 1.84. The summed E-state index contributed by atoms with van der Waals surface area (Å²) in [6, 6.07) is 8.67. The second-order valence-electron chi connectivity index (χ2n) is 5.70. The van der Waals surface area contributed by atoms with Gasteiger partial charge in [-0.25, -0.2) is 0 Å². The summed E-state index contributed by atoms with van der Waals surface area (Å²) in [7, 11) is 0. The summed E-state index contributed by atoms with van der Waals surface area (Å²) in [4.78, 5) is 0. The van der Waals surface area contributed by atoms with E-state index in [2.05, 4.69) is 24.4 Å². The van der Waals surface area contributed by atoms with Crippen LogP contribution in [0.15, 0.2) is 24.3 Å². The number of hydrogen-bond donors (Lipinski definition) is 2. The molecular formula is C15H21NO2. The fourth-order valence-corrected chi connectivity index (χ4v) is 2.96. The Hall–Kier alpha value is -1.06. The summed E-state index contributed by atoms with van der Waals surface area (Å²) in [5.74, 6) is 2.15. The smallest absolute Gasteiger partial charge is 0.124 e. The Morgan fingerprint density at radius 2 is 2.11 bits per heavy atom. The molecule has 0 radical (unpaired) electrons. The molecule has 18 heavy (non-hydrogen) atoms. The minimum Gasteiger partial charge on any atom is -0.493 e. The first-order valence-electron chi connectivity index (χ1n) is 6.87. The normalized spacial score (nSPS) is 34.3. The first kappa shape index (κ1) is 12.0. The Morgan fingerprint density at radius 3 is 2.89 bits per heavy atom. The van der Waals surface area contributed by atoms with Crippen molar-refractivity contribution in [3.8, 4) is 5.75 Å². The molecule has 0 aromatic heterocycles. The summed E-state index contributed by atoms with van der Waals surface area (Å²) < 4.78 is 5.75. The number of rotatable bonds is 3. The van der Waals surface area contributed by atoms with E-state index in [0.29, 0.717) is 17.9 Å². The lowest BCUT2D eigenvalue weighted by atomic mass is 9.82. The average Bonchev–Trinajstić information content (AvgIpc) is 2.35. The van der Waals surface area contributed by atoms with Crippen LogP contribution in [0.3, 0.4) is 0 Å². The van der Waals surface area contributed by atoms with Crippen molar-refractivity contribution >= 4 is 0 Å². The molecule has 1 heterocycles. The third-order valence-corrected chi connectivity index (χ3v) is 4.16. The van der Waals surface area contributed by atoms with Gasteiger partial charge >= 0.3 is 0 Å². The minimum atomic E-state index is -0.0591. The monoisotopic (exact) mass is 247 g/mol. The maximum absolute atomic E-state index is 9.32. The molecule has 2 aliphatic rings. The molecule has 98 valence electrons. The highest BCUT2D eigenvalue weighted by atomic mass is 16.5. The molecule has 0 amide bonds. The van der Waals surface area contributed by atoms with Crippen LogP contribution in [0.5, 0.6) is 5.75 Å². The van der Waals surface area contributed by atoms with Gasteiger partial charge in [0.2, 0.25) is 0 Å². The molecule has 3 nitrogen and oxygen atoms in total. The number of aliphatic hydroxyl groups excluding tert-OH is 1. The molecule has 1 aromatic rings. The van der Waals surface area contributed by atoms with E-state index in [9.17, 15) is 5.11 Å². The van der Waals surface area contributed by atoms with Gasteiger partial charge in [0.05, 0.1) is 12.7 Å². The molecule has 1 fully saturated rings. The number of benzene rings is 1. The first-order valence-corrected chi connectivity index (χ1v) is 6.87. The lowest BCUT2D eigenvalue weighted by Gasteiger charge is -2.36. The van der Waals surface area contributed by atoms with E-state index in [0.717, 1.165) is 31.7 Å². The van der Waals surface area contributed by atoms with Gasteiger partial charge in [-0.2, -0.15) is 0 Å². The second-order valence-corrected chi connectivity index (χ2v) is 5.70. The third-order valence-electron chi connectivity index (χ3n) is 4.16. The number of fused-ring (bicyclic) bond motifs is 1. The predicted octanol–water partition coefficient (Wildman–Crippen LogP) is 2.12. The van der Waals surface area contributed by atoms with Crippen molar-refractivity contribution in [3.05, 3.63) is 29.8 Å². The standard InChI is InChI=1S/C15H21NO2/c1-10-9-18-14-5-3-2-4-13(14)15(10)16-8-11-6-12(17)7-11/h2-5,10-12,15-17H,6-9H2,1H3. The Kier molecular flexibility index (Phi) is 3.27. The zero-order chi connectivity index (χ0) is 12.5. The van der Waals surface area contributed by atoms with Crippen molar-refractivity contribution in [1.29, 1.82) is 0 Å². The number of ether oxygens (including phenoxy) is 1. The molecule has 0 bridgehead atoms. The molecule has 2 N–H and O–H groups in total. The second kappa shape index (κ2) is 4.90. The summed E-state index contributed by atoms with van der Waals surface area (Å²) >= 11 is 0. The van der Waals surface area contributed by atoms with Gasteiger partial charge in [0, 0.05) is 17.5 Å². The highest BCUT2D eigenvalue weighted by Crippen LogP contribution is 2.36. The van der Waals surface area contributed by atoms with Crippen LogP contribution in [0.1, 0.15) is 31.4 Å². The fraction of sp³-hybridized carbons (Fsp3) is 0.600. The maximum Gasteiger partial charge on any atom is 0.124 e. The van der Waals surface area contributed by atoms with E-state index in [1.165, 1.54) is 5.56 Å². The molecule has 1 aliphatic heterocycles. The Morgan fingerprint density at radius 1 is 1.33 bits per heavy atom. The van der Waals surface area contributed by atoms with Crippen LogP contribution < -0.4 is 10.1 Å². The molecule has 2 unspecified atom stereocenters. The zero-order valence-electron chi connectivity index (χ0n) is 10.8. The largest absolute Gasteiger partial charge is 0.493 e. The van der Waals surface area contributed by atoms with Crippen LogP contribution in [0.25, 0.3) is 0 Å². The van der Waals surface area contributed by atoms with E-state index in [-0.39, 0.29) is 6.10 Å². The Balaban J connectivity index is 1.67. The molecule has 3 rings (SSSR count). The van der Waals surface area contributed by atoms with Gasteiger partial charge < -0.3 is 15.2 Å². The molecule has 2 atom stereocenters. The van der Waals surface area contributed by atoms with E-state index in [1.54, 1.807) is 0 Å².